The number of carbonyl (C=O) groups is 1. The molecule has 6 nitrogen and oxygen atoms in total. The van der Waals surface area contributed by atoms with Gasteiger partial charge in [0.25, 0.3) is 5.91 Å². The first-order chi connectivity index (χ1) is 16.5. The van der Waals surface area contributed by atoms with E-state index in [0.29, 0.717) is 39.6 Å². The van der Waals surface area contributed by atoms with Crippen molar-refractivity contribution in [2.45, 2.75) is 19.4 Å². The van der Waals surface area contributed by atoms with Crippen LogP contribution in [0.1, 0.15) is 41.1 Å². The average molecular weight is 476 g/mol. The molecule has 0 radical (unpaired) electrons. The second-order valence-corrected chi connectivity index (χ2v) is 8.39. The van der Waals surface area contributed by atoms with Crippen molar-refractivity contribution < 1.29 is 18.7 Å². The molecule has 0 bridgehead atoms. The zero-order chi connectivity index (χ0) is 23.8. The summed E-state index contributed by atoms with van der Waals surface area (Å²) in [5.41, 5.74) is 1.73. The molecule has 0 saturated carbocycles. The molecule has 172 valence electrons. The molecule has 0 N–H and O–H groups in total. The van der Waals surface area contributed by atoms with Crippen LogP contribution in [0.2, 0.25) is 5.02 Å². The van der Waals surface area contributed by atoms with Gasteiger partial charge in [-0.05, 0) is 54.4 Å². The first-order valence-electron chi connectivity index (χ1n) is 11.0. The molecule has 0 spiro atoms. The highest BCUT2D eigenvalue weighted by molar-refractivity contribution is 6.32. The molecule has 0 saturated heterocycles. The van der Waals surface area contributed by atoms with Crippen LogP contribution in [0.3, 0.4) is 0 Å². The molecular formula is C27H22ClNO5. The van der Waals surface area contributed by atoms with Gasteiger partial charge in [-0.1, -0.05) is 42.8 Å². The number of hydrogen-bond acceptors (Lipinski definition) is 5. The number of rotatable bonds is 6. The quantitative estimate of drug-likeness (QED) is 0.342. The van der Waals surface area contributed by atoms with Crippen molar-refractivity contribution in [2.75, 3.05) is 18.6 Å². The van der Waals surface area contributed by atoms with E-state index in [2.05, 4.69) is 0 Å². The van der Waals surface area contributed by atoms with Gasteiger partial charge >= 0.3 is 0 Å². The monoisotopic (exact) mass is 475 g/mol. The molecule has 1 amide bonds. The van der Waals surface area contributed by atoms with Crippen LogP contribution in [0.4, 0.5) is 5.69 Å². The second kappa shape index (κ2) is 8.88. The fraction of sp³-hybridized carbons (Fsp3) is 0.185. The summed E-state index contributed by atoms with van der Waals surface area (Å²) in [7, 11) is 1.52. The molecule has 7 heteroatoms. The van der Waals surface area contributed by atoms with E-state index >= 15 is 0 Å². The summed E-state index contributed by atoms with van der Waals surface area (Å²) in [5, 5.41) is 0.784. The second-order valence-electron chi connectivity index (χ2n) is 7.98. The Balaban J connectivity index is 1.70. The summed E-state index contributed by atoms with van der Waals surface area (Å²) in [6.07, 6.45) is 0.895. The summed E-state index contributed by atoms with van der Waals surface area (Å²) in [5.74, 6) is 0.838. The van der Waals surface area contributed by atoms with Crippen molar-refractivity contribution in [2.24, 2.45) is 0 Å². The van der Waals surface area contributed by atoms with E-state index < -0.39 is 11.9 Å². The number of nitrogens with zero attached hydrogens (tertiary/aromatic N) is 1. The number of benzene rings is 3. The zero-order valence-electron chi connectivity index (χ0n) is 18.7. The number of amides is 1. The van der Waals surface area contributed by atoms with Gasteiger partial charge in [-0.15, -0.1) is 0 Å². The van der Waals surface area contributed by atoms with Gasteiger partial charge in [0.05, 0.1) is 35.7 Å². The molecule has 4 aromatic rings. The van der Waals surface area contributed by atoms with Crippen molar-refractivity contribution in [3.8, 4) is 11.5 Å². The Kier molecular flexibility index (Phi) is 5.75. The van der Waals surface area contributed by atoms with E-state index in [-0.39, 0.29) is 11.2 Å². The molecule has 34 heavy (non-hydrogen) atoms. The van der Waals surface area contributed by atoms with Crippen molar-refractivity contribution in [1.29, 1.82) is 0 Å². The molecule has 1 aromatic heterocycles. The minimum Gasteiger partial charge on any atom is -0.495 e. The third kappa shape index (κ3) is 3.60. The van der Waals surface area contributed by atoms with Gasteiger partial charge in [-0.25, -0.2) is 0 Å². The minimum atomic E-state index is -0.687. The van der Waals surface area contributed by atoms with Crippen molar-refractivity contribution >= 4 is 34.2 Å². The lowest BCUT2D eigenvalue weighted by Crippen LogP contribution is -2.29. The number of carbonyl (C=O) groups excluding carboxylic acids is 1. The van der Waals surface area contributed by atoms with E-state index in [1.165, 1.54) is 7.11 Å². The van der Waals surface area contributed by atoms with Gasteiger partial charge in [0.1, 0.15) is 17.1 Å². The van der Waals surface area contributed by atoms with E-state index in [1.54, 1.807) is 47.4 Å². The SMILES string of the molecule is CCCOc1ccc(C2c3c(oc4ccccc4c3=O)C(=O)N2c2ccc(OC)c(Cl)c2)cc1. The molecule has 1 unspecified atom stereocenters. The van der Waals surface area contributed by atoms with Gasteiger partial charge in [-0.2, -0.15) is 0 Å². The zero-order valence-corrected chi connectivity index (χ0v) is 19.5. The average Bonchev–Trinajstić information content (AvgIpc) is 3.15. The summed E-state index contributed by atoms with van der Waals surface area (Å²) in [4.78, 5) is 28.8. The first-order valence-corrected chi connectivity index (χ1v) is 11.4. The lowest BCUT2D eigenvalue weighted by atomic mass is 9.98. The number of para-hydroxylation sites is 1. The number of anilines is 1. The van der Waals surface area contributed by atoms with Crippen molar-refractivity contribution in [3.63, 3.8) is 0 Å². The largest absolute Gasteiger partial charge is 0.495 e. The van der Waals surface area contributed by atoms with Gasteiger partial charge in [0, 0.05) is 5.69 Å². The smallest absolute Gasteiger partial charge is 0.295 e. The van der Waals surface area contributed by atoms with Crippen LogP contribution in [0.25, 0.3) is 11.0 Å². The molecule has 1 aliphatic rings. The maximum atomic E-state index is 13.6. The predicted molar refractivity (Wildman–Crippen MR) is 131 cm³/mol. The molecule has 0 fully saturated rings. The van der Waals surface area contributed by atoms with Crippen LogP contribution < -0.4 is 19.8 Å². The summed E-state index contributed by atoms with van der Waals surface area (Å²) < 4.78 is 16.9. The Morgan fingerprint density at radius 2 is 1.79 bits per heavy atom. The fourth-order valence-corrected chi connectivity index (χ4v) is 4.52. The topological polar surface area (TPSA) is 69.0 Å². The number of hydrogen-bond donors (Lipinski definition) is 0. The van der Waals surface area contributed by atoms with Crippen LogP contribution in [0.5, 0.6) is 11.5 Å². The highest BCUT2D eigenvalue weighted by Gasteiger charge is 2.43. The Labute approximate surface area is 201 Å². The van der Waals surface area contributed by atoms with Crippen LogP contribution >= 0.6 is 11.6 Å². The normalized spacial score (nSPS) is 15.0. The van der Waals surface area contributed by atoms with Gasteiger partial charge < -0.3 is 13.9 Å². The highest BCUT2D eigenvalue weighted by atomic mass is 35.5. The van der Waals surface area contributed by atoms with Crippen LogP contribution in [-0.2, 0) is 0 Å². The molecule has 2 heterocycles. The number of fused-ring (bicyclic) bond motifs is 2. The first kappa shape index (κ1) is 22.0. The Morgan fingerprint density at radius 3 is 2.50 bits per heavy atom. The maximum absolute atomic E-state index is 13.6. The van der Waals surface area contributed by atoms with Crippen molar-refractivity contribution in [3.05, 3.63) is 98.9 Å². The van der Waals surface area contributed by atoms with Crippen LogP contribution in [0.15, 0.2) is 75.9 Å². The van der Waals surface area contributed by atoms with Gasteiger partial charge in [0.2, 0.25) is 5.76 Å². The summed E-state index contributed by atoms with van der Waals surface area (Å²) in [6, 6.07) is 18.8. The number of ether oxygens (including phenoxy) is 2. The molecule has 0 aliphatic carbocycles. The third-order valence-corrected chi connectivity index (χ3v) is 6.16. The molecule has 1 aliphatic heterocycles. The Morgan fingerprint density at radius 1 is 1.03 bits per heavy atom. The van der Waals surface area contributed by atoms with E-state index in [9.17, 15) is 9.59 Å². The predicted octanol–water partition coefficient (Wildman–Crippen LogP) is 5.99. The van der Waals surface area contributed by atoms with Crippen LogP contribution in [-0.4, -0.2) is 19.6 Å². The summed E-state index contributed by atoms with van der Waals surface area (Å²) >= 11 is 6.38. The summed E-state index contributed by atoms with van der Waals surface area (Å²) in [6.45, 7) is 2.65. The van der Waals surface area contributed by atoms with Gasteiger partial charge in [0.15, 0.2) is 5.43 Å². The standard InChI is InChI=1S/C27H22ClNO5/c1-3-14-33-18-11-8-16(9-12-18)24-23-25(30)19-6-4-5-7-21(19)34-26(23)27(31)29(24)17-10-13-22(32-2)20(28)15-17/h4-13,15,24H,3,14H2,1-2H3. The third-order valence-electron chi connectivity index (χ3n) is 5.86. The Hall–Kier alpha value is -3.77. The molecule has 1 atom stereocenters. The Bertz CT molecular complexity index is 1440. The van der Waals surface area contributed by atoms with Gasteiger partial charge in [-0.3, -0.25) is 14.5 Å². The lowest BCUT2D eigenvalue weighted by Gasteiger charge is -2.26. The van der Waals surface area contributed by atoms with E-state index in [4.69, 9.17) is 25.5 Å². The lowest BCUT2D eigenvalue weighted by molar-refractivity contribution is 0.0971. The molecule has 3 aromatic carbocycles. The minimum absolute atomic E-state index is 0.0342. The highest BCUT2D eigenvalue weighted by Crippen LogP contribution is 2.43. The van der Waals surface area contributed by atoms with Crippen molar-refractivity contribution in [1.82, 2.24) is 0 Å². The van der Waals surface area contributed by atoms with E-state index in [0.717, 1.165) is 17.7 Å². The molecule has 5 rings (SSSR count). The fourth-order valence-electron chi connectivity index (χ4n) is 4.27. The van der Waals surface area contributed by atoms with Crippen LogP contribution in [0, 0.1) is 0 Å². The molecular weight excluding hydrogens is 454 g/mol. The number of methoxy groups -OCH3 is 1. The number of halogens is 1. The maximum Gasteiger partial charge on any atom is 0.295 e. The van der Waals surface area contributed by atoms with E-state index in [1.807, 2.05) is 31.2 Å².